The van der Waals surface area contributed by atoms with Crippen LogP contribution in [-0.2, 0) is 0 Å². The second kappa shape index (κ2) is 6.97. The second-order valence-corrected chi connectivity index (χ2v) is 7.06. The summed E-state index contributed by atoms with van der Waals surface area (Å²) >= 11 is 2.04. The van der Waals surface area contributed by atoms with Crippen LogP contribution in [0.3, 0.4) is 0 Å². The summed E-state index contributed by atoms with van der Waals surface area (Å²) in [6.45, 7) is 2.14. The Balaban J connectivity index is 1.93. The van der Waals surface area contributed by atoms with Crippen molar-refractivity contribution in [3.8, 4) is 0 Å². The third-order valence-electron chi connectivity index (χ3n) is 4.19. The maximum absolute atomic E-state index is 14.2. The molecule has 3 rings (SSSR count). The summed E-state index contributed by atoms with van der Waals surface area (Å²) in [5, 5.41) is 0. The first kappa shape index (κ1) is 16.4. The highest BCUT2D eigenvalue weighted by Crippen LogP contribution is 2.27. The number of piperazine rings is 1. The first-order valence-corrected chi connectivity index (χ1v) is 8.63. The molecule has 1 aliphatic heterocycles. The van der Waals surface area contributed by atoms with E-state index in [9.17, 15) is 9.18 Å². The van der Waals surface area contributed by atoms with Gasteiger partial charge in [0.05, 0.1) is 11.6 Å². The average Bonchev–Trinajstić information content (AvgIpc) is 2.55. The van der Waals surface area contributed by atoms with Crippen LogP contribution in [-0.4, -0.2) is 42.4 Å². The minimum atomic E-state index is -0.451. The summed E-state index contributed by atoms with van der Waals surface area (Å²) in [5.41, 5.74) is 1.23. The molecule has 1 fully saturated rings. The molecular formula is C18H18FIN2O. The van der Waals surface area contributed by atoms with Crippen molar-refractivity contribution in [3.63, 3.8) is 0 Å². The minimum absolute atomic E-state index is 0.0545. The van der Waals surface area contributed by atoms with Gasteiger partial charge < -0.3 is 9.80 Å². The summed E-state index contributed by atoms with van der Waals surface area (Å²) in [6, 6.07) is 14.6. The van der Waals surface area contributed by atoms with Crippen molar-refractivity contribution in [2.75, 3.05) is 26.7 Å². The zero-order valence-corrected chi connectivity index (χ0v) is 15.0. The third-order valence-corrected chi connectivity index (χ3v) is 4.86. The Labute approximate surface area is 149 Å². The van der Waals surface area contributed by atoms with E-state index in [1.54, 1.807) is 17.0 Å². The number of halogens is 2. The SMILES string of the molecule is CN1CCN(C(=O)c2ccc(I)cc2F)C(c2ccccc2)C1. The number of hydrogen-bond donors (Lipinski definition) is 0. The molecule has 23 heavy (non-hydrogen) atoms. The zero-order chi connectivity index (χ0) is 16.4. The molecule has 0 spiro atoms. The Morgan fingerprint density at radius 2 is 1.91 bits per heavy atom. The van der Waals surface area contributed by atoms with Gasteiger partial charge in [-0.25, -0.2) is 4.39 Å². The predicted molar refractivity (Wildman–Crippen MR) is 96.8 cm³/mol. The second-order valence-electron chi connectivity index (χ2n) is 5.81. The molecule has 0 N–H and O–H groups in total. The van der Waals surface area contributed by atoms with E-state index in [1.165, 1.54) is 6.07 Å². The highest BCUT2D eigenvalue weighted by molar-refractivity contribution is 14.1. The van der Waals surface area contributed by atoms with Crippen LogP contribution in [0.15, 0.2) is 48.5 Å². The van der Waals surface area contributed by atoms with E-state index in [0.29, 0.717) is 6.54 Å². The third kappa shape index (κ3) is 3.55. The molecule has 2 aromatic rings. The lowest BCUT2D eigenvalue weighted by molar-refractivity contribution is 0.0493. The number of nitrogens with zero attached hydrogens (tertiary/aromatic N) is 2. The molecule has 120 valence electrons. The molecule has 0 aromatic heterocycles. The molecule has 1 atom stereocenters. The van der Waals surface area contributed by atoms with Gasteiger partial charge in [-0.3, -0.25) is 4.79 Å². The Kier molecular flexibility index (Phi) is 4.96. The van der Waals surface area contributed by atoms with Gasteiger partial charge in [0.1, 0.15) is 5.82 Å². The summed E-state index contributed by atoms with van der Waals surface area (Å²) < 4.78 is 15.0. The average molecular weight is 424 g/mol. The first-order valence-electron chi connectivity index (χ1n) is 7.56. The highest BCUT2D eigenvalue weighted by Gasteiger charge is 2.31. The van der Waals surface area contributed by atoms with E-state index >= 15 is 0 Å². The molecule has 5 heteroatoms. The van der Waals surface area contributed by atoms with Crippen LogP contribution in [0.5, 0.6) is 0 Å². The molecular weight excluding hydrogens is 406 g/mol. The van der Waals surface area contributed by atoms with E-state index in [-0.39, 0.29) is 17.5 Å². The number of amides is 1. The minimum Gasteiger partial charge on any atom is -0.329 e. The largest absolute Gasteiger partial charge is 0.329 e. The quantitative estimate of drug-likeness (QED) is 0.689. The molecule has 0 radical (unpaired) electrons. The normalized spacial score (nSPS) is 18.9. The van der Waals surface area contributed by atoms with Gasteiger partial charge in [0.2, 0.25) is 0 Å². The van der Waals surface area contributed by atoms with Crippen molar-refractivity contribution in [1.82, 2.24) is 9.80 Å². The molecule has 1 saturated heterocycles. The van der Waals surface area contributed by atoms with E-state index in [2.05, 4.69) is 4.90 Å². The van der Waals surface area contributed by atoms with Crippen molar-refractivity contribution in [1.29, 1.82) is 0 Å². The maximum atomic E-state index is 14.2. The van der Waals surface area contributed by atoms with Crippen molar-refractivity contribution >= 4 is 28.5 Å². The Morgan fingerprint density at radius 1 is 1.17 bits per heavy atom. The van der Waals surface area contributed by atoms with Gasteiger partial charge in [-0.1, -0.05) is 30.3 Å². The van der Waals surface area contributed by atoms with Crippen LogP contribution in [0.4, 0.5) is 4.39 Å². The smallest absolute Gasteiger partial charge is 0.257 e. The lowest BCUT2D eigenvalue weighted by Crippen LogP contribution is -2.49. The fraction of sp³-hybridized carbons (Fsp3) is 0.278. The van der Waals surface area contributed by atoms with Crippen molar-refractivity contribution in [3.05, 3.63) is 69.0 Å². The molecule has 1 amide bonds. The number of likely N-dealkylation sites (N-methyl/N-ethyl adjacent to an activating group) is 1. The van der Waals surface area contributed by atoms with Gasteiger partial charge in [0.25, 0.3) is 5.91 Å². The highest BCUT2D eigenvalue weighted by atomic mass is 127. The number of benzene rings is 2. The molecule has 1 aliphatic rings. The number of carbonyl (C=O) groups excluding carboxylic acids is 1. The lowest BCUT2D eigenvalue weighted by Gasteiger charge is -2.40. The fourth-order valence-electron chi connectivity index (χ4n) is 2.94. The van der Waals surface area contributed by atoms with Crippen LogP contribution < -0.4 is 0 Å². The van der Waals surface area contributed by atoms with Crippen molar-refractivity contribution in [2.45, 2.75) is 6.04 Å². The maximum Gasteiger partial charge on any atom is 0.257 e. The van der Waals surface area contributed by atoms with Gasteiger partial charge >= 0.3 is 0 Å². The summed E-state index contributed by atoms with van der Waals surface area (Å²) in [4.78, 5) is 16.9. The standard InChI is InChI=1S/C18H18FIN2O/c1-21-9-10-22(17(12-21)13-5-3-2-4-6-13)18(23)15-8-7-14(20)11-16(15)19/h2-8,11,17H,9-10,12H2,1H3. The van der Waals surface area contributed by atoms with E-state index in [1.807, 2.05) is 60.0 Å². The number of rotatable bonds is 2. The summed E-state index contributed by atoms with van der Waals surface area (Å²) in [5.74, 6) is -0.687. The topological polar surface area (TPSA) is 23.6 Å². The number of hydrogen-bond acceptors (Lipinski definition) is 2. The van der Waals surface area contributed by atoms with Crippen LogP contribution in [0, 0.1) is 9.39 Å². The molecule has 1 unspecified atom stereocenters. The molecule has 0 saturated carbocycles. The van der Waals surface area contributed by atoms with Gasteiger partial charge in [-0.2, -0.15) is 0 Å². The summed E-state index contributed by atoms with van der Waals surface area (Å²) in [7, 11) is 2.04. The Hall–Kier alpha value is -1.47. The molecule has 1 heterocycles. The van der Waals surface area contributed by atoms with Crippen LogP contribution in [0.1, 0.15) is 22.0 Å². The molecule has 0 bridgehead atoms. The molecule has 2 aromatic carbocycles. The zero-order valence-electron chi connectivity index (χ0n) is 12.9. The summed E-state index contributed by atoms with van der Waals surface area (Å²) in [6.07, 6.45) is 0. The van der Waals surface area contributed by atoms with Gasteiger partial charge in [0.15, 0.2) is 0 Å². The van der Waals surface area contributed by atoms with Crippen LogP contribution in [0.25, 0.3) is 0 Å². The predicted octanol–water partition coefficient (Wildman–Crippen LogP) is 3.56. The number of carbonyl (C=O) groups is 1. The van der Waals surface area contributed by atoms with E-state index in [0.717, 1.165) is 22.2 Å². The Morgan fingerprint density at radius 3 is 2.61 bits per heavy atom. The van der Waals surface area contributed by atoms with E-state index < -0.39 is 5.82 Å². The first-order chi connectivity index (χ1) is 11.1. The van der Waals surface area contributed by atoms with Crippen molar-refractivity contribution < 1.29 is 9.18 Å². The van der Waals surface area contributed by atoms with Gasteiger partial charge in [0, 0.05) is 23.2 Å². The van der Waals surface area contributed by atoms with Gasteiger partial charge in [-0.05, 0) is 53.4 Å². The van der Waals surface area contributed by atoms with Crippen molar-refractivity contribution in [2.24, 2.45) is 0 Å². The molecule has 3 nitrogen and oxygen atoms in total. The monoisotopic (exact) mass is 424 g/mol. The lowest BCUT2D eigenvalue weighted by atomic mass is 10.0. The van der Waals surface area contributed by atoms with Crippen LogP contribution in [0.2, 0.25) is 0 Å². The fourth-order valence-corrected chi connectivity index (χ4v) is 3.39. The molecule has 0 aliphatic carbocycles. The van der Waals surface area contributed by atoms with Crippen LogP contribution >= 0.6 is 22.6 Å². The Bertz CT molecular complexity index is 707. The van der Waals surface area contributed by atoms with Gasteiger partial charge in [-0.15, -0.1) is 0 Å². The van der Waals surface area contributed by atoms with E-state index in [4.69, 9.17) is 0 Å².